The summed E-state index contributed by atoms with van der Waals surface area (Å²) in [6.07, 6.45) is 0. The molecule has 0 unspecified atom stereocenters. The fourth-order valence-corrected chi connectivity index (χ4v) is 2.48. The van der Waals surface area contributed by atoms with E-state index < -0.39 is 5.91 Å². The molecule has 6 heteroatoms. The number of nitrogens with zero attached hydrogens (tertiary/aromatic N) is 1. The molecule has 1 amide bonds. The lowest BCUT2D eigenvalue weighted by molar-refractivity contribution is 0.0952. The Morgan fingerprint density at radius 3 is 1.85 bits per heavy atom. The van der Waals surface area contributed by atoms with Gasteiger partial charge >= 0.3 is 0 Å². The second-order valence-corrected chi connectivity index (χ2v) is 5.52. The average molecular weight is 347 g/mol. The molecule has 0 atom stereocenters. The lowest BCUT2D eigenvalue weighted by Gasteiger charge is -2.12. The standard InChI is InChI=1S/C20H17N3O3/c21-16-10-4-1-7-13(16)19(14-8-2-5-11-17(14)24)22-23-20(26)15-9-3-6-12-18(15)25/h1-12,24-25H,21H2,(H,23,26)/b22-19+. The van der Waals surface area contributed by atoms with Crippen LogP contribution < -0.4 is 11.2 Å². The number of anilines is 1. The van der Waals surface area contributed by atoms with Crippen LogP contribution in [0.15, 0.2) is 77.9 Å². The summed E-state index contributed by atoms with van der Waals surface area (Å²) in [5.74, 6) is -0.722. The number of carbonyl (C=O) groups excluding carboxylic acids is 1. The number of nitrogen functional groups attached to an aromatic ring is 1. The maximum absolute atomic E-state index is 12.3. The minimum Gasteiger partial charge on any atom is -0.507 e. The van der Waals surface area contributed by atoms with Crippen molar-refractivity contribution in [3.8, 4) is 11.5 Å². The van der Waals surface area contributed by atoms with Crippen molar-refractivity contribution >= 4 is 17.3 Å². The normalized spacial score (nSPS) is 11.2. The van der Waals surface area contributed by atoms with Crippen LogP contribution in [-0.2, 0) is 0 Å². The molecule has 6 nitrogen and oxygen atoms in total. The Morgan fingerprint density at radius 1 is 0.769 bits per heavy atom. The smallest absolute Gasteiger partial charge is 0.275 e. The Labute approximate surface area is 150 Å². The zero-order chi connectivity index (χ0) is 18.5. The first-order chi connectivity index (χ1) is 12.6. The third-order valence-electron chi connectivity index (χ3n) is 3.79. The fourth-order valence-electron chi connectivity index (χ4n) is 2.48. The number of para-hydroxylation sites is 3. The Morgan fingerprint density at radius 2 is 1.27 bits per heavy atom. The van der Waals surface area contributed by atoms with E-state index in [4.69, 9.17) is 5.73 Å². The molecule has 0 aliphatic heterocycles. The van der Waals surface area contributed by atoms with E-state index in [1.165, 1.54) is 18.2 Å². The first-order valence-corrected chi connectivity index (χ1v) is 7.87. The molecule has 3 aromatic rings. The van der Waals surface area contributed by atoms with Crippen molar-refractivity contribution in [3.05, 3.63) is 89.5 Å². The Hall–Kier alpha value is -3.80. The highest BCUT2D eigenvalue weighted by molar-refractivity contribution is 6.17. The van der Waals surface area contributed by atoms with Gasteiger partial charge in [-0.25, -0.2) is 5.43 Å². The van der Waals surface area contributed by atoms with E-state index in [2.05, 4.69) is 10.5 Å². The molecule has 0 aliphatic carbocycles. The van der Waals surface area contributed by atoms with Gasteiger partial charge in [0, 0.05) is 16.8 Å². The summed E-state index contributed by atoms with van der Waals surface area (Å²) in [7, 11) is 0. The van der Waals surface area contributed by atoms with Crippen molar-refractivity contribution in [2.45, 2.75) is 0 Å². The van der Waals surface area contributed by atoms with Crippen LogP contribution in [0.5, 0.6) is 11.5 Å². The van der Waals surface area contributed by atoms with Crippen molar-refractivity contribution in [1.29, 1.82) is 0 Å². The summed E-state index contributed by atoms with van der Waals surface area (Å²) >= 11 is 0. The summed E-state index contributed by atoms with van der Waals surface area (Å²) in [5.41, 5.74) is 10.3. The number of hydrogen-bond donors (Lipinski definition) is 4. The van der Waals surface area contributed by atoms with Crippen LogP contribution in [0.3, 0.4) is 0 Å². The van der Waals surface area contributed by atoms with E-state index >= 15 is 0 Å². The van der Waals surface area contributed by atoms with E-state index in [1.807, 2.05) is 0 Å². The number of hydrazone groups is 1. The molecule has 3 rings (SSSR count). The maximum atomic E-state index is 12.3. The van der Waals surface area contributed by atoms with Crippen LogP contribution in [0, 0.1) is 0 Å². The highest BCUT2D eigenvalue weighted by atomic mass is 16.3. The number of hydrogen-bond acceptors (Lipinski definition) is 5. The highest BCUT2D eigenvalue weighted by Crippen LogP contribution is 2.23. The van der Waals surface area contributed by atoms with E-state index in [0.717, 1.165) is 0 Å². The number of nitrogens with two attached hydrogens (primary N) is 1. The van der Waals surface area contributed by atoms with Crippen molar-refractivity contribution in [2.24, 2.45) is 5.10 Å². The molecule has 0 saturated heterocycles. The quantitative estimate of drug-likeness (QED) is 0.331. The summed E-state index contributed by atoms with van der Waals surface area (Å²) in [4.78, 5) is 12.3. The van der Waals surface area contributed by atoms with Crippen LogP contribution in [0.25, 0.3) is 0 Å². The molecule has 0 bridgehead atoms. The monoisotopic (exact) mass is 347 g/mol. The molecule has 0 aliphatic rings. The van der Waals surface area contributed by atoms with E-state index in [0.29, 0.717) is 22.5 Å². The lowest BCUT2D eigenvalue weighted by atomic mass is 10.00. The number of rotatable bonds is 4. The van der Waals surface area contributed by atoms with Gasteiger partial charge in [-0.05, 0) is 30.3 Å². The predicted molar refractivity (Wildman–Crippen MR) is 100 cm³/mol. The van der Waals surface area contributed by atoms with Gasteiger partial charge in [0.05, 0.1) is 5.56 Å². The second kappa shape index (κ2) is 7.40. The van der Waals surface area contributed by atoms with Crippen LogP contribution in [-0.4, -0.2) is 21.8 Å². The van der Waals surface area contributed by atoms with Gasteiger partial charge in [-0.3, -0.25) is 4.79 Å². The van der Waals surface area contributed by atoms with Crippen molar-refractivity contribution in [1.82, 2.24) is 5.43 Å². The Kier molecular flexibility index (Phi) is 4.85. The molecule has 3 aromatic carbocycles. The molecule has 0 heterocycles. The minimum atomic E-state index is -0.578. The van der Waals surface area contributed by atoms with Crippen molar-refractivity contribution in [3.63, 3.8) is 0 Å². The molecular weight excluding hydrogens is 330 g/mol. The van der Waals surface area contributed by atoms with Crippen LogP contribution >= 0.6 is 0 Å². The Bertz CT molecular complexity index is 936. The SMILES string of the molecule is Nc1ccccc1/C(=N\NC(=O)c1ccccc1O)c1ccccc1O. The number of nitrogens with one attached hydrogen (secondary N) is 1. The van der Waals surface area contributed by atoms with Crippen LogP contribution in [0.1, 0.15) is 21.5 Å². The number of amides is 1. The van der Waals surface area contributed by atoms with E-state index in [-0.39, 0.29) is 17.1 Å². The van der Waals surface area contributed by atoms with Crippen molar-refractivity contribution < 1.29 is 15.0 Å². The zero-order valence-electron chi connectivity index (χ0n) is 13.8. The molecule has 0 fully saturated rings. The van der Waals surface area contributed by atoms with Gasteiger partial charge in [-0.2, -0.15) is 5.10 Å². The number of phenols is 2. The Balaban J connectivity index is 2.03. The topological polar surface area (TPSA) is 108 Å². The molecule has 0 saturated carbocycles. The number of benzene rings is 3. The van der Waals surface area contributed by atoms with Gasteiger partial charge in [-0.15, -0.1) is 0 Å². The largest absolute Gasteiger partial charge is 0.507 e. The zero-order valence-corrected chi connectivity index (χ0v) is 13.8. The molecule has 5 N–H and O–H groups in total. The van der Waals surface area contributed by atoms with Gasteiger partial charge in [0.15, 0.2) is 0 Å². The van der Waals surface area contributed by atoms with Crippen LogP contribution in [0.2, 0.25) is 0 Å². The number of phenolic OH excluding ortho intramolecular Hbond substituents is 2. The predicted octanol–water partition coefficient (Wildman–Crippen LogP) is 2.86. The van der Waals surface area contributed by atoms with Gasteiger partial charge in [0.1, 0.15) is 17.2 Å². The van der Waals surface area contributed by atoms with E-state index in [9.17, 15) is 15.0 Å². The summed E-state index contributed by atoms with van der Waals surface area (Å²) in [6.45, 7) is 0. The summed E-state index contributed by atoms with van der Waals surface area (Å²) < 4.78 is 0. The molecule has 0 spiro atoms. The average Bonchev–Trinajstić information content (AvgIpc) is 2.64. The fraction of sp³-hybridized carbons (Fsp3) is 0. The summed E-state index contributed by atoms with van der Waals surface area (Å²) in [5, 5.41) is 24.2. The lowest BCUT2D eigenvalue weighted by Crippen LogP contribution is -2.21. The third kappa shape index (κ3) is 3.49. The summed E-state index contributed by atoms with van der Waals surface area (Å²) in [6, 6.07) is 19.8. The van der Waals surface area contributed by atoms with E-state index in [1.54, 1.807) is 54.6 Å². The molecule has 0 aromatic heterocycles. The molecular formula is C20H17N3O3. The first-order valence-electron chi connectivity index (χ1n) is 7.87. The third-order valence-corrected chi connectivity index (χ3v) is 3.79. The van der Waals surface area contributed by atoms with Gasteiger partial charge < -0.3 is 15.9 Å². The highest BCUT2D eigenvalue weighted by Gasteiger charge is 2.15. The minimum absolute atomic E-state index is 0.00584. The van der Waals surface area contributed by atoms with Gasteiger partial charge in [-0.1, -0.05) is 42.5 Å². The van der Waals surface area contributed by atoms with Crippen molar-refractivity contribution in [2.75, 3.05) is 5.73 Å². The first kappa shape index (κ1) is 17.0. The number of aromatic hydroxyl groups is 2. The maximum Gasteiger partial charge on any atom is 0.275 e. The molecule has 26 heavy (non-hydrogen) atoms. The second-order valence-electron chi connectivity index (χ2n) is 5.52. The number of carbonyl (C=O) groups is 1. The van der Waals surface area contributed by atoms with Gasteiger partial charge in [0.25, 0.3) is 5.91 Å². The van der Waals surface area contributed by atoms with Gasteiger partial charge in [0.2, 0.25) is 0 Å². The molecule has 130 valence electrons. The van der Waals surface area contributed by atoms with Crippen LogP contribution in [0.4, 0.5) is 5.69 Å². The molecule has 0 radical (unpaired) electrons.